The van der Waals surface area contributed by atoms with Crippen molar-refractivity contribution >= 4 is 35.2 Å². The van der Waals surface area contributed by atoms with Gasteiger partial charge in [-0.15, -0.1) is 0 Å². The summed E-state index contributed by atoms with van der Waals surface area (Å²) in [5.41, 5.74) is 7.79. The molecule has 1 aromatic carbocycles. The summed E-state index contributed by atoms with van der Waals surface area (Å²) in [6.07, 6.45) is 4.94. The molecule has 5 amide bonds. The van der Waals surface area contributed by atoms with Gasteiger partial charge >= 0.3 is 6.03 Å². The van der Waals surface area contributed by atoms with Gasteiger partial charge in [0.05, 0.1) is 18.3 Å². The van der Waals surface area contributed by atoms with Crippen molar-refractivity contribution in [3.8, 4) is 11.5 Å². The van der Waals surface area contributed by atoms with E-state index in [1.165, 1.54) is 4.90 Å². The van der Waals surface area contributed by atoms with Crippen LogP contribution in [0.2, 0.25) is 0 Å². The number of nitrogens with zero attached hydrogens (tertiary/aromatic N) is 1. The first-order chi connectivity index (χ1) is 21.7. The number of ether oxygens (including phenoxy) is 2. The Morgan fingerprint density at radius 2 is 1.78 bits per heavy atom. The van der Waals surface area contributed by atoms with Gasteiger partial charge in [0.1, 0.15) is 17.7 Å². The van der Waals surface area contributed by atoms with Crippen molar-refractivity contribution in [2.75, 3.05) is 13.3 Å². The number of amides is 5. The van der Waals surface area contributed by atoms with Crippen LogP contribution in [-0.4, -0.2) is 77.5 Å². The van der Waals surface area contributed by atoms with Crippen LogP contribution in [0.15, 0.2) is 24.3 Å². The van der Waals surface area contributed by atoms with E-state index in [4.69, 9.17) is 20.0 Å². The molecular formula is C32H44N6O8. The number of carbonyl (C=O) groups excluding carboxylic acids is 5. The largest absolute Gasteiger partial charge is 0.454 e. The highest BCUT2D eigenvalue weighted by atomic mass is 16.7. The quantitative estimate of drug-likeness (QED) is 0.236. The van der Waals surface area contributed by atoms with E-state index in [0.29, 0.717) is 17.2 Å². The van der Waals surface area contributed by atoms with Gasteiger partial charge < -0.3 is 36.1 Å². The Morgan fingerprint density at radius 3 is 2.41 bits per heavy atom. The summed E-state index contributed by atoms with van der Waals surface area (Å²) in [5.74, 6) is -1.73. The van der Waals surface area contributed by atoms with Crippen molar-refractivity contribution < 1.29 is 38.3 Å². The van der Waals surface area contributed by atoms with Gasteiger partial charge in [-0.2, -0.15) is 0 Å². The second-order valence-electron chi connectivity index (χ2n) is 14.0. The lowest BCUT2D eigenvalue weighted by Crippen LogP contribution is -2.60. The number of fused-ring (bicyclic) bond motifs is 1. The molecule has 0 radical (unpaired) electrons. The van der Waals surface area contributed by atoms with Crippen LogP contribution < -0.4 is 36.6 Å². The molecule has 1 aliphatic carbocycles. The van der Waals surface area contributed by atoms with Crippen molar-refractivity contribution in [1.82, 2.24) is 26.3 Å². The molecule has 0 bridgehead atoms. The predicted molar refractivity (Wildman–Crippen MR) is 166 cm³/mol. The number of ketones is 1. The first-order valence-corrected chi connectivity index (χ1v) is 15.7. The number of likely N-dealkylation sites (tertiary alicyclic amines) is 1. The molecule has 6 N–H and O–H groups in total. The van der Waals surface area contributed by atoms with Gasteiger partial charge in [0.15, 0.2) is 11.5 Å². The third kappa shape index (κ3) is 7.06. The van der Waals surface area contributed by atoms with Crippen LogP contribution in [0.5, 0.6) is 11.5 Å². The third-order valence-corrected chi connectivity index (χ3v) is 8.87. The highest BCUT2D eigenvalue weighted by Gasteiger charge is 2.54. The number of hydrogen-bond acceptors (Lipinski definition) is 9. The van der Waals surface area contributed by atoms with Gasteiger partial charge in [0.2, 0.25) is 24.4 Å². The molecule has 14 nitrogen and oxygen atoms in total. The number of benzene rings is 1. The molecule has 250 valence electrons. The molecule has 14 heteroatoms. The van der Waals surface area contributed by atoms with Gasteiger partial charge in [0.25, 0.3) is 5.91 Å². The van der Waals surface area contributed by atoms with Crippen molar-refractivity contribution in [2.45, 2.75) is 96.5 Å². The summed E-state index contributed by atoms with van der Waals surface area (Å²) in [5, 5.41) is 8.28. The Bertz CT molecular complexity index is 1430. The maximum Gasteiger partial charge on any atom is 0.315 e. The molecule has 3 heterocycles. The topological polar surface area (TPSA) is 190 Å². The fraction of sp³-hybridized carbons (Fsp3) is 0.594. The normalized spacial score (nSPS) is 23.3. The number of carbonyl (C=O) groups is 5. The Morgan fingerprint density at radius 1 is 1.07 bits per heavy atom. The van der Waals surface area contributed by atoms with E-state index in [2.05, 4.69) is 21.4 Å². The molecule has 4 aliphatic rings. The number of hydroxylamine groups is 1. The van der Waals surface area contributed by atoms with Crippen LogP contribution in [0.25, 0.3) is 5.70 Å². The van der Waals surface area contributed by atoms with Crippen molar-refractivity contribution in [3.63, 3.8) is 0 Å². The van der Waals surface area contributed by atoms with E-state index >= 15 is 0 Å². The van der Waals surface area contributed by atoms with Crippen molar-refractivity contribution in [3.05, 3.63) is 29.8 Å². The Kier molecular flexibility index (Phi) is 9.21. The molecule has 46 heavy (non-hydrogen) atoms. The minimum Gasteiger partial charge on any atom is -0.454 e. The molecule has 2 fully saturated rings. The molecule has 1 saturated carbocycles. The van der Waals surface area contributed by atoms with Crippen LogP contribution in [0.3, 0.4) is 0 Å². The van der Waals surface area contributed by atoms with Crippen LogP contribution in [0.1, 0.15) is 72.3 Å². The minimum absolute atomic E-state index is 0.0257. The molecule has 5 rings (SSSR count). The number of nitrogens with two attached hydrogens (primary N) is 1. The number of primary amides is 1. The molecular weight excluding hydrogens is 596 g/mol. The lowest BCUT2D eigenvalue weighted by Gasteiger charge is -2.36. The number of urea groups is 1. The highest BCUT2D eigenvalue weighted by Crippen LogP contribution is 2.41. The number of nitrogens with one attached hydrogen (secondary N) is 4. The second kappa shape index (κ2) is 12.8. The summed E-state index contributed by atoms with van der Waals surface area (Å²) in [7, 11) is 0. The molecule has 1 aromatic rings. The molecule has 4 atom stereocenters. The highest BCUT2D eigenvalue weighted by molar-refractivity contribution is 6.37. The molecule has 1 saturated heterocycles. The van der Waals surface area contributed by atoms with E-state index in [1.54, 1.807) is 26.0 Å². The summed E-state index contributed by atoms with van der Waals surface area (Å²) in [6, 6.07) is 1.52. The number of hydrogen-bond donors (Lipinski definition) is 5. The zero-order valence-corrected chi connectivity index (χ0v) is 26.9. The van der Waals surface area contributed by atoms with Gasteiger partial charge in [-0.25, -0.2) is 4.79 Å². The minimum atomic E-state index is -1.13. The first-order valence-electron chi connectivity index (χ1n) is 15.7. The Labute approximate surface area is 268 Å². The average Bonchev–Trinajstić information content (AvgIpc) is 3.69. The molecule has 3 aliphatic heterocycles. The predicted octanol–water partition coefficient (Wildman–Crippen LogP) is 1.48. The van der Waals surface area contributed by atoms with Crippen LogP contribution >= 0.6 is 0 Å². The van der Waals surface area contributed by atoms with Gasteiger partial charge in [-0.1, -0.05) is 40.0 Å². The van der Waals surface area contributed by atoms with Gasteiger partial charge in [0, 0.05) is 18.0 Å². The summed E-state index contributed by atoms with van der Waals surface area (Å²) >= 11 is 0. The summed E-state index contributed by atoms with van der Waals surface area (Å²) < 4.78 is 10.9. The zero-order valence-electron chi connectivity index (χ0n) is 26.9. The lowest BCUT2D eigenvalue weighted by molar-refractivity contribution is -0.143. The van der Waals surface area contributed by atoms with E-state index in [9.17, 15) is 24.0 Å². The standard InChI is InChI=1S/C32H44N6O8/c1-17(2)34-30(43)36-26(31(3,4)5)29(42)38-15-32(13-21(37-46-32)19-9-10-23-24(12-19)45-16-44-23)14-22(38)28(41)35-20(25(39)27(33)40)11-18-7-6-8-18/h9-10,12-13,17-18,20,22,26,37H,6-8,11,14-16H2,1-5H3,(H2,33,40)(H,35,41)(H2,34,36,43)/t20-,22-,26+,32+/m0/s1. The van der Waals surface area contributed by atoms with Crippen LogP contribution in [0, 0.1) is 11.3 Å². The fourth-order valence-corrected chi connectivity index (χ4v) is 6.21. The number of Topliss-reactive ketones (excluding diaryl/α,β-unsaturated/α-hetero) is 1. The van der Waals surface area contributed by atoms with E-state index < -0.39 is 58.7 Å². The Balaban J connectivity index is 1.45. The second-order valence-corrected chi connectivity index (χ2v) is 14.0. The SMILES string of the molecule is CC(C)NC(=O)N[C@H](C(=O)N1C[C@@]2(C=C(c3ccc4c(c3)OCO4)NO2)C[C@H]1C(=O)N[C@@H](CC1CCC1)C(=O)C(N)=O)C(C)(C)C. The maximum atomic E-state index is 14.3. The van der Waals surface area contributed by atoms with E-state index in [0.717, 1.165) is 24.8 Å². The average molecular weight is 641 g/mol. The van der Waals surface area contributed by atoms with Gasteiger partial charge in [-0.05, 0) is 55.9 Å². The summed E-state index contributed by atoms with van der Waals surface area (Å²) in [4.78, 5) is 73.3. The van der Waals surface area contributed by atoms with E-state index in [1.807, 2.05) is 32.9 Å². The van der Waals surface area contributed by atoms with Crippen molar-refractivity contribution in [1.29, 1.82) is 0 Å². The van der Waals surface area contributed by atoms with Crippen LogP contribution in [-0.2, 0) is 24.0 Å². The zero-order chi connectivity index (χ0) is 33.4. The van der Waals surface area contributed by atoms with Crippen LogP contribution in [0.4, 0.5) is 4.79 Å². The molecule has 1 spiro atoms. The molecule has 0 unspecified atom stereocenters. The number of rotatable bonds is 10. The maximum absolute atomic E-state index is 14.3. The Hall–Kier alpha value is -4.33. The summed E-state index contributed by atoms with van der Waals surface area (Å²) in [6.45, 7) is 9.16. The van der Waals surface area contributed by atoms with E-state index in [-0.39, 0.29) is 38.1 Å². The van der Waals surface area contributed by atoms with Crippen molar-refractivity contribution in [2.24, 2.45) is 17.1 Å². The lowest BCUT2D eigenvalue weighted by atomic mass is 9.80. The first kappa shape index (κ1) is 33.0. The van der Waals surface area contributed by atoms with Gasteiger partial charge in [-0.3, -0.25) is 29.5 Å². The monoisotopic (exact) mass is 640 g/mol. The smallest absolute Gasteiger partial charge is 0.315 e. The third-order valence-electron chi connectivity index (χ3n) is 8.87. The molecule has 0 aromatic heterocycles. The fourth-order valence-electron chi connectivity index (χ4n) is 6.21.